The van der Waals surface area contributed by atoms with Gasteiger partial charge in [-0.05, 0) is 55.8 Å². The number of anilines is 1. The number of alkyl halides is 1. The molecule has 4 aromatic rings. The highest BCUT2D eigenvalue weighted by Crippen LogP contribution is 2.41. The van der Waals surface area contributed by atoms with E-state index in [0.717, 1.165) is 54.3 Å². The summed E-state index contributed by atoms with van der Waals surface area (Å²) >= 11 is 0. The number of hydrogen-bond donors (Lipinski definition) is 2. The van der Waals surface area contributed by atoms with Gasteiger partial charge in [0.05, 0.1) is 16.6 Å². The number of benzene rings is 2. The molecular weight excluding hydrogens is 531 g/mol. The topological polar surface area (TPSA) is 86.6 Å². The first-order valence-corrected chi connectivity index (χ1v) is 14.9. The second-order valence-corrected chi connectivity index (χ2v) is 12.4. The lowest BCUT2D eigenvalue weighted by atomic mass is 9.95. The van der Waals surface area contributed by atoms with Crippen molar-refractivity contribution in [2.24, 2.45) is 0 Å². The van der Waals surface area contributed by atoms with Crippen LogP contribution in [0.2, 0.25) is 0 Å². The zero-order valence-corrected chi connectivity index (χ0v) is 23.4. The Morgan fingerprint density at radius 2 is 2.00 bits per heavy atom. The maximum absolute atomic E-state index is 14.4. The van der Waals surface area contributed by atoms with Crippen molar-refractivity contribution < 1.29 is 14.2 Å². The molecule has 2 aromatic heterocycles. The molecule has 2 N–H and O–H groups in total. The van der Waals surface area contributed by atoms with E-state index in [1.807, 2.05) is 30.5 Å². The van der Waals surface area contributed by atoms with Crippen molar-refractivity contribution >= 4 is 27.5 Å². The number of aromatic nitrogens is 3. The van der Waals surface area contributed by atoms with Crippen LogP contribution in [0.4, 0.5) is 10.1 Å². The van der Waals surface area contributed by atoms with E-state index in [4.69, 9.17) is 26.1 Å². The van der Waals surface area contributed by atoms with Gasteiger partial charge >= 0.3 is 0 Å². The number of halogens is 1. The van der Waals surface area contributed by atoms with Crippen LogP contribution in [0.5, 0.6) is 11.6 Å². The molecule has 4 atom stereocenters. The van der Waals surface area contributed by atoms with E-state index in [1.165, 1.54) is 12.8 Å². The lowest BCUT2D eigenvalue weighted by Gasteiger charge is -2.35. The van der Waals surface area contributed by atoms with E-state index in [9.17, 15) is 9.50 Å². The zero-order valence-electron chi connectivity index (χ0n) is 23.4. The molecule has 9 heteroatoms. The Labute approximate surface area is 243 Å². The van der Waals surface area contributed by atoms with Crippen molar-refractivity contribution in [3.63, 3.8) is 0 Å². The van der Waals surface area contributed by atoms with Crippen molar-refractivity contribution in [1.29, 1.82) is 0 Å². The molecule has 0 spiro atoms. The second kappa shape index (κ2) is 9.79. The zero-order chi connectivity index (χ0) is 28.4. The second-order valence-electron chi connectivity index (χ2n) is 12.4. The van der Waals surface area contributed by atoms with Crippen molar-refractivity contribution in [3.05, 3.63) is 48.2 Å². The van der Waals surface area contributed by atoms with E-state index < -0.39 is 6.17 Å². The molecule has 6 heterocycles. The highest BCUT2D eigenvalue weighted by atomic mass is 19.1. The number of phenolic OH excluding ortho intramolecular Hbond substituents is 1. The summed E-state index contributed by atoms with van der Waals surface area (Å²) in [7, 11) is 0. The fourth-order valence-electron chi connectivity index (χ4n) is 7.79. The SMILES string of the molecule is C#Cc1cccc2cc(O)cc(-c3ncc4c(N5CC6CCC(C5)N6)cc(OC[C@@]56CCCN5C[C@H](F)C6)nc4n3)c12. The predicted octanol–water partition coefficient (Wildman–Crippen LogP) is 4.43. The number of phenols is 1. The van der Waals surface area contributed by atoms with Gasteiger partial charge in [0.15, 0.2) is 11.5 Å². The molecular formula is C33H33FN6O2. The van der Waals surface area contributed by atoms with Gasteiger partial charge in [-0.3, -0.25) is 4.90 Å². The van der Waals surface area contributed by atoms with Gasteiger partial charge in [0.1, 0.15) is 18.5 Å². The van der Waals surface area contributed by atoms with Crippen LogP contribution in [-0.4, -0.2) is 81.5 Å². The number of hydrogen-bond acceptors (Lipinski definition) is 8. The molecule has 0 amide bonds. The van der Waals surface area contributed by atoms with Gasteiger partial charge in [-0.25, -0.2) is 14.4 Å². The molecule has 0 radical (unpaired) electrons. The summed E-state index contributed by atoms with van der Waals surface area (Å²) in [6, 6.07) is 11.9. The quantitative estimate of drug-likeness (QED) is 0.345. The number of terminal acetylenes is 1. The van der Waals surface area contributed by atoms with Crippen molar-refractivity contribution in [2.45, 2.75) is 55.9 Å². The van der Waals surface area contributed by atoms with Gasteiger partial charge in [0.25, 0.3) is 0 Å². The Kier molecular flexibility index (Phi) is 5.99. The Morgan fingerprint density at radius 1 is 1.14 bits per heavy atom. The molecule has 8 nitrogen and oxygen atoms in total. The lowest BCUT2D eigenvalue weighted by molar-refractivity contribution is 0.111. The van der Waals surface area contributed by atoms with E-state index in [-0.39, 0.29) is 11.3 Å². The van der Waals surface area contributed by atoms with Crippen LogP contribution in [0.15, 0.2) is 42.6 Å². The monoisotopic (exact) mass is 564 g/mol. The van der Waals surface area contributed by atoms with Gasteiger partial charge in [-0.15, -0.1) is 6.42 Å². The van der Waals surface area contributed by atoms with Gasteiger partial charge in [-0.2, -0.15) is 4.98 Å². The number of nitrogens with zero attached hydrogens (tertiary/aromatic N) is 5. The van der Waals surface area contributed by atoms with Crippen molar-refractivity contribution in [3.8, 4) is 35.4 Å². The third kappa shape index (κ3) is 4.24. The van der Waals surface area contributed by atoms with E-state index in [0.29, 0.717) is 60.1 Å². The summed E-state index contributed by atoms with van der Waals surface area (Å²) in [4.78, 5) is 19.2. The van der Waals surface area contributed by atoms with Gasteiger partial charge in [-0.1, -0.05) is 18.1 Å². The fourth-order valence-corrected chi connectivity index (χ4v) is 7.79. The first kappa shape index (κ1) is 25.7. The predicted molar refractivity (Wildman–Crippen MR) is 161 cm³/mol. The molecule has 2 aromatic carbocycles. The van der Waals surface area contributed by atoms with Crippen LogP contribution in [0.1, 0.15) is 37.7 Å². The summed E-state index contributed by atoms with van der Waals surface area (Å²) in [6.45, 7) is 3.58. The highest BCUT2D eigenvalue weighted by Gasteiger charge is 2.49. The first-order chi connectivity index (χ1) is 20.5. The molecule has 0 saturated carbocycles. The van der Waals surface area contributed by atoms with Crippen molar-refractivity contribution in [1.82, 2.24) is 25.2 Å². The number of nitrogens with one attached hydrogen (secondary N) is 1. The number of fused-ring (bicyclic) bond motifs is 5. The summed E-state index contributed by atoms with van der Waals surface area (Å²) < 4.78 is 20.9. The first-order valence-electron chi connectivity index (χ1n) is 14.9. The average Bonchev–Trinajstić information content (AvgIpc) is 3.64. The number of piperazine rings is 1. The molecule has 4 aliphatic rings. The molecule has 2 unspecified atom stereocenters. The minimum Gasteiger partial charge on any atom is -0.508 e. The van der Waals surface area contributed by atoms with Gasteiger partial charge in [0, 0.05) is 66.9 Å². The summed E-state index contributed by atoms with van der Waals surface area (Å²) in [5, 5.41) is 16.7. The van der Waals surface area contributed by atoms with Crippen LogP contribution in [0.3, 0.4) is 0 Å². The molecule has 214 valence electrons. The third-order valence-electron chi connectivity index (χ3n) is 9.69. The summed E-state index contributed by atoms with van der Waals surface area (Å²) in [5.74, 6) is 3.79. The minimum atomic E-state index is -0.814. The van der Waals surface area contributed by atoms with Crippen molar-refractivity contribution in [2.75, 3.05) is 37.7 Å². The fraction of sp³-hybridized carbons (Fsp3) is 0.424. The molecule has 4 fully saturated rings. The van der Waals surface area contributed by atoms with Crippen LogP contribution in [0.25, 0.3) is 33.2 Å². The summed E-state index contributed by atoms with van der Waals surface area (Å²) in [6.07, 6.45) is 11.7. The number of aromatic hydroxyl groups is 1. The molecule has 42 heavy (non-hydrogen) atoms. The number of pyridine rings is 1. The van der Waals surface area contributed by atoms with E-state index in [2.05, 4.69) is 21.0 Å². The summed E-state index contributed by atoms with van der Waals surface area (Å²) in [5.41, 5.74) is 2.60. The Morgan fingerprint density at radius 3 is 2.83 bits per heavy atom. The molecule has 2 bridgehead atoms. The molecule has 8 rings (SSSR count). The number of rotatable bonds is 5. The largest absolute Gasteiger partial charge is 0.508 e. The minimum absolute atomic E-state index is 0.112. The van der Waals surface area contributed by atoms with E-state index >= 15 is 0 Å². The third-order valence-corrected chi connectivity index (χ3v) is 9.69. The van der Waals surface area contributed by atoms with Crippen LogP contribution < -0.4 is 15.0 Å². The standard InChI is InChI=1S/C33H33FN6O2/c1-2-20-5-3-6-21-11-25(41)12-26(30(20)21)31-35-15-27-28(39-17-23-7-8-24(18-39)36-23)13-29(37-32(27)38-31)42-19-33-9-4-10-40(33)16-22(34)14-33/h1,3,5-6,11-13,15,22-24,36,41H,4,7-10,14,16-19H2/t22-,23?,24?,33+/m1/s1. The Balaban J connectivity index is 1.23. The Bertz CT molecular complexity index is 1740. The average molecular weight is 565 g/mol. The normalized spacial score (nSPS) is 27.0. The van der Waals surface area contributed by atoms with E-state index in [1.54, 1.807) is 12.1 Å². The lowest BCUT2D eigenvalue weighted by Crippen LogP contribution is -2.51. The maximum atomic E-state index is 14.4. The molecule has 4 aliphatic heterocycles. The number of ether oxygens (including phenoxy) is 1. The highest BCUT2D eigenvalue weighted by molar-refractivity contribution is 6.01. The molecule has 0 aliphatic carbocycles. The van der Waals surface area contributed by atoms with Crippen LogP contribution in [0, 0.1) is 12.3 Å². The van der Waals surface area contributed by atoms with Gasteiger partial charge < -0.3 is 20.1 Å². The Hall–Kier alpha value is -4.00. The van der Waals surface area contributed by atoms with Crippen LogP contribution in [-0.2, 0) is 0 Å². The van der Waals surface area contributed by atoms with Gasteiger partial charge in [0.2, 0.25) is 5.88 Å². The molecule has 4 saturated heterocycles. The van der Waals surface area contributed by atoms with Crippen LogP contribution >= 0.6 is 0 Å². The smallest absolute Gasteiger partial charge is 0.217 e. The maximum Gasteiger partial charge on any atom is 0.217 e.